The molecule has 1 saturated heterocycles. The molecule has 2 heterocycles. The van der Waals surface area contributed by atoms with Gasteiger partial charge in [-0.15, -0.1) is 11.3 Å². The number of hydrogen-bond acceptors (Lipinski definition) is 3. The van der Waals surface area contributed by atoms with Crippen LogP contribution in [0.2, 0.25) is 0 Å². The predicted octanol–water partition coefficient (Wildman–Crippen LogP) is 3.66. The molecule has 1 fully saturated rings. The van der Waals surface area contributed by atoms with Crippen LogP contribution in [0.3, 0.4) is 0 Å². The maximum atomic E-state index is 12.6. The van der Waals surface area contributed by atoms with Gasteiger partial charge in [0.15, 0.2) is 0 Å². The van der Waals surface area contributed by atoms with Crippen molar-refractivity contribution >= 4 is 22.9 Å². The van der Waals surface area contributed by atoms with Gasteiger partial charge in [0.25, 0.3) is 0 Å². The summed E-state index contributed by atoms with van der Waals surface area (Å²) in [5, 5.41) is 1.95. The number of carbonyl (C=O) groups is 1. The molecule has 0 N–H and O–H groups in total. The SMILES string of the molecule is O=C(Cc1cccs1)N1CCN(c2ccc(C(F)(F)F)cc2)CC1. The molecular weight excluding hydrogens is 337 g/mol. The van der Waals surface area contributed by atoms with Crippen molar-refractivity contribution < 1.29 is 18.0 Å². The second-order valence-electron chi connectivity index (χ2n) is 5.67. The lowest BCUT2D eigenvalue weighted by atomic mass is 10.1. The van der Waals surface area contributed by atoms with Crippen molar-refractivity contribution in [2.45, 2.75) is 12.6 Å². The Morgan fingerprint density at radius 1 is 1.04 bits per heavy atom. The summed E-state index contributed by atoms with van der Waals surface area (Å²) >= 11 is 1.57. The molecule has 1 amide bonds. The summed E-state index contributed by atoms with van der Waals surface area (Å²) in [7, 11) is 0. The first kappa shape index (κ1) is 16.8. The molecule has 0 atom stereocenters. The van der Waals surface area contributed by atoms with Crippen molar-refractivity contribution in [2.24, 2.45) is 0 Å². The van der Waals surface area contributed by atoms with Crippen molar-refractivity contribution in [1.29, 1.82) is 0 Å². The summed E-state index contributed by atoms with van der Waals surface area (Å²) in [6.45, 7) is 2.43. The molecule has 1 aromatic carbocycles. The first-order valence-electron chi connectivity index (χ1n) is 7.66. The number of nitrogens with zero attached hydrogens (tertiary/aromatic N) is 2. The Balaban J connectivity index is 1.56. The molecule has 0 spiro atoms. The molecule has 2 aromatic rings. The fraction of sp³-hybridized carbons (Fsp3) is 0.353. The highest BCUT2D eigenvalue weighted by atomic mass is 32.1. The van der Waals surface area contributed by atoms with E-state index in [9.17, 15) is 18.0 Å². The van der Waals surface area contributed by atoms with Crippen LogP contribution in [0.5, 0.6) is 0 Å². The third kappa shape index (κ3) is 3.90. The third-order valence-corrected chi connectivity index (χ3v) is 4.97. The van der Waals surface area contributed by atoms with Crippen LogP contribution in [-0.2, 0) is 17.4 Å². The van der Waals surface area contributed by atoms with Crippen LogP contribution in [0, 0.1) is 0 Å². The number of hydrogen-bond donors (Lipinski definition) is 0. The van der Waals surface area contributed by atoms with E-state index in [2.05, 4.69) is 0 Å². The minimum Gasteiger partial charge on any atom is -0.368 e. The van der Waals surface area contributed by atoms with Gasteiger partial charge in [-0.05, 0) is 35.7 Å². The van der Waals surface area contributed by atoms with Crippen molar-refractivity contribution in [2.75, 3.05) is 31.1 Å². The van der Waals surface area contributed by atoms with Gasteiger partial charge in [0, 0.05) is 36.7 Å². The quantitative estimate of drug-likeness (QED) is 0.840. The van der Waals surface area contributed by atoms with E-state index in [-0.39, 0.29) is 5.91 Å². The van der Waals surface area contributed by atoms with Gasteiger partial charge in [0.05, 0.1) is 12.0 Å². The summed E-state index contributed by atoms with van der Waals surface area (Å²) in [4.78, 5) is 17.1. The Kier molecular flexibility index (Phi) is 4.80. The maximum absolute atomic E-state index is 12.6. The van der Waals surface area contributed by atoms with E-state index in [1.165, 1.54) is 12.1 Å². The van der Waals surface area contributed by atoms with E-state index < -0.39 is 11.7 Å². The normalized spacial score (nSPS) is 15.6. The topological polar surface area (TPSA) is 23.6 Å². The molecule has 1 aromatic heterocycles. The largest absolute Gasteiger partial charge is 0.416 e. The fourth-order valence-electron chi connectivity index (χ4n) is 2.75. The van der Waals surface area contributed by atoms with Crippen LogP contribution in [0.25, 0.3) is 0 Å². The number of thiophene rings is 1. The van der Waals surface area contributed by atoms with Gasteiger partial charge in [-0.3, -0.25) is 4.79 Å². The molecule has 3 rings (SSSR count). The Hall–Kier alpha value is -2.02. The molecule has 0 radical (unpaired) electrons. The van der Waals surface area contributed by atoms with Gasteiger partial charge in [0.2, 0.25) is 5.91 Å². The van der Waals surface area contributed by atoms with Crippen molar-refractivity contribution in [1.82, 2.24) is 4.90 Å². The van der Waals surface area contributed by atoms with Gasteiger partial charge in [0.1, 0.15) is 0 Å². The van der Waals surface area contributed by atoms with Gasteiger partial charge in [-0.25, -0.2) is 0 Å². The summed E-state index contributed by atoms with van der Waals surface area (Å²) in [6.07, 6.45) is -3.90. The Morgan fingerprint density at radius 2 is 1.71 bits per heavy atom. The molecule has 128 valence electrons. The summed E-state index contributed by atoms with van der Waals surface area (Å²) < 4.78 is 37.8. The zero-order valence-electron chi connectivity index (χ0n) is 12.9. The van der Waals surface area contributed by atoms with Gasteiger partial charge in [-0.2, -0.15) is 13.2 Å². The lowest BCUT2D eigenvalue weighted by molar-refractivity contribution is -0.137. The first-order valence-corrected chi connectivity index (χ1v) is 8.54. The molecule has 0 saturated carbocycles. The Morgan fingerprint density at radius 3 is 2.25 bits per heavy atom. The second-order valence-corrected chi connectivity index (χ2v) is 6.70. The van der Waals surface area contributed by atoms with E-state index in [4.69, 9.17) is 0 Å². The van der Waals surface area contributed by atoms with Crippen LogP contribution < -0.4 is 4.90 Å². The molecule has 24 heavy (non-hydrogen) atoms. The van der Waals surface area contributed by atoms with E-state index >= 15 is 0 Å². The van der Waals surface area contributed by atoms with Gasteiger partial charge >= 0.3 is 6.18 Å². The lowest BCUT2D eigenvalue weighted by Gasteiger charge is -2.36. The maximum Gasteiger partial charge on any atom is 0.416 e. The minimum atomic E-state index is -4.31. The van der Waals surface area contributed by atoms with Crippen LogP contribution >= 0.6 is 11.3 Å². The van der Waals surface area contributed by atoms with E-state index in [0.717, 1.165) is 22.7 Å². The zero-order valence-corrected chi connectivity index (χ0v) is 13.7. The van der Waals surface area contributed by atoms with Gasteiger partial charge < -0.3 is 9.80 Å². The van der Waals surface area contributed by atoms with Crippen LogP contribution in [0.4, 0.5) is 18.9 Å². The van der Waals surface area contributed by atoms with Gasteiger partial charge in [-0.1, -0.05) is 6.07 Å². The van der Waals surface area contributed by atoms with Crippen LogP contribution in [0.1, 0.15) is 10.4 Å². The molecular formula is C17H17F3N2OS. The third-order valence-electron chi connectivity index (χ3n) is 4.10. The Bertz CT molecular complexity index is 675. The highest BCUT2D eigenvalue weighted by Crippen LogP contribution is 2.30. The van der Waals surface area contributed by atoms with Crippen molar-refractivity contribution in [3.63, 3.8) is 0 Å². The highest BCUT2D eigenvalue weighted by molar-refractivity contribution is 7.10. The average Bonchev–Trinajstić information content (AvgIpc) is 3.07. The number of carbonyl (C=O) groups excluding carboxylic acids is 1. The molecule has 0 aliphatic carbocycles. The number of anilines is 1. The average molecular weight is 354 g/mol. The summed E-state index contributed by atoms with van der Waals surface area (Å²) in [6, 6.07) is 9.06. The first-order chi connectivity index (χ1) is 11.4. The smallest absolute Gasteiger partial charge is 0.368 e. The monoisotopic (exact) mass is 354 g/mol. The highest BCUT2D eigenvalue weighted by Gasteiger charge is 2.30. The fourth-order valence-corrected chi connectivity index (χ4v) is 3.45. The van der Waals surface area contributed by atoms with E-state index in [1.807, 2.05) is 27.3 Å². The van der Waals surface area contributed by atoms with Crippen LogP contribution in [0.15, 0.2) is 41.8 Å². The minimum absolute atomic E-state index is 0.101. The number of amides is 1. The van der Waals surface area contributed by atoms with E-state index in [1.54, 1.807) is 11.3 Å². The molecule has 0 unspecified atom stereocenters. The van der Waals surface area contributed by atoms with Crippen molar-refractivity contribution in [3.05, 3.63) is 52.2 Å². The number of rotatable bonds is 3. The molecule has 1 aliphatic rings. The van der Waals surface area contributed by atoms with Crippen LogP contribution in [-0.4, -0.2) is 37.0 Å². The lowest BCUT2D eigenvalue weighted by Crippen LogP contribution is -2.49. The van der Waals surface area contributed by atoms with Crippen molar-refractivity contribution in [3.8, 4) is 0 Å². The second kappa shape index (κ2) is 6.84. The molecule has 0 bridgehead atoms. The number of alkyl halides is 3. The molecule has 1 aliphatic heterocycles. The molecule has 3 nitrogen and oxygen atoms in total. The standard InChI is InChI=1S/C17H17F3N2OS/c18-17(19,20)13-3-5-14(6-4-13)21-7-9-22(10-8-21)16(23)12-15-2-1-11-24-15/h1-6,11H,7-10,12H2. The van der Waals surface area contributed by atoms with E-state index in [0.29, 0.717) is 32.6 Å². The Labute approximate surface area is 142 Å². The molecule has 7 heteroatoms. The predicted molar refractivity (Wildman–Crippen MR) is 88.3 cm³/mol. The summed E-state index contributed by atoms with van der Waals surface area (Å²) in [5.41, 5.74) is 0.115. The number of piperazine rings is 1. The number of benzene rings is 1. The summed E-state index contributed by atoms with van der Waals surface area (Å²) in [5.74, 6) is 0.101. The number of halogens is 3. The zero-order chi connectivity index (χ0) is 17.2.